The average molecular weight is 332 g/mol. The van der Waals surface area contributed by atoms with Gasteiger partial charge in [-0.3, -0.25) is 0 Å². The van der Waals surface area contributed by atoms with Gasteiger partial charge in [-0.15, -0.1) is 0 Å². The Morgan fingerprint density at radius 1 is 0.833 bits per heavy atom. The Labute approximate surface area is 149 Å². The standard InChI is InChI=1S/C22H37NO/c1-14(2)10-11-23(24)18(9)22-20(16(5)6)12-19(15(3)4)13-21(22)17(7)8/h11-18H,10H2,1-9H3/b23-11-. The average Bonchev–Trinajstić information content (AvgIpc) is 2.49. The Hall–Kier alpha value is -1.31. The zero-order valence-corrected chi connectivity index (χ0v) is 17.2. The number of benzene rings is 1. The topological polar surface area (TPSA) is 26.1 Å². The summed E-state index contributed by atoms with van der Waals surface area (Å²) in [6.07, 6.45) is 2.64. The molecule has 0 spiro atoms. The van der Waals surface area contributed by atoms with Gasteiger partial charge in [-0.2, -0.15) is 0 Å². The number of rotatable bonds is 7. The third-order valence-corrected chi connectivity index (χ3v) is 4.73. The van der Waals surface area contributed by atoms with E-state index in [4.69, 9.17) is 0 Å². The summed E-state index contributed by atoms with van der Waals surface area (Å²) in [5, 5.41) is 12.7. The molecule has 0 amide bonds. The monoisotopic (exact) mass is 331 g/mol. The second-order valence-corrected chi connectivity index (χ2v) is 8.43. The van der Waals surface area contributed by atoms with Crippen LogP contribution in [0, 0.1) is 11.1 Å². The van der Waals surface area contributed by atoms with Crippen molar-refractivity contribution in [2.45, 2.75) is 92.5 Å². The smallest absolute Gasteiger partial charge is 0.185 e. The van der Waals surface area contributed by atoms with Gasteiger partial charge in [0.25, 0.3) is 0 Å². The summed E-state index contributed by atoms with van der Waals surface area (Å²) < 4.78 is 1.17. The fraction of sp³-hybridized carbons (Fsp3) is 0.682. The summed E-state index contributed by atoms with van der Waals surface area (Å²) in [5.74, 6) is 1.83. The summed E-state index contributed by atoms with van der Waals surface area (Å²) in [5.41, 5.74) is 5.27. The van der Waals surface area contributed by atoms with Crippen molar-refractivity contribution in [1.29, 1.82) is 0 Å². The molecule has 0 radical (unpaired) electrons. The van der Waals surface area contributed by atoms with Crippen molar-refractivity contribution in [2.24, 2.45) is 5.92 Å². The molecule has 1 aromatic carbocycles. The van der Waals surface area contributed by atoms with Gasteiger partial charge in [-0.25, -0.2) is 4.74 Å². The molecule has 1 unspecified atom stereocenters. The van der Waals surface area contributed by atoms with Crippen molar-refractivity contribution in [3.05, 3.63) is 39.6 Å². The normalized spacial score (nSPS) is 14.3. The maximum Gasteiger partial charge on any atom is 0.185 e. The van der Waals surface area contributed by atoms with Crippen LogP contribution in [0.5, 0.6) is 0 Å². The van der Waals surface area contributed by atoms with E-state index in [9.17, 15) is 5.21 Å². The van der Waals surface area contributed by atoms with Crippen LogP contribution < -0.4 is 0 Å². The van der Waals surface area contributed by atoms with Crippen molar-refractivity contribution in [3.63, 3.8) is 0 Å². The lowest BCUT2D eigenvalue weighted by molar-refractivity contribution is -0.500. The van der Waals surface area contributed by atoms with Gasteiger partial charge in [0, 0.05) is 18.9 Å². The molecule has 0 saturated carbocycles. The third kappa shape index (κ3) is 5.09. The molecule has 0 aliphatic heterocycles. The van der Waals surface area contributed by atoms with Gasteiger partial charge in [0.2, 0.25) is 0 Å². The minimum Gasteiger partial charge on any atom is -0.624 e. The molecule has 0 N–H and O–H groups in total. The molecule has 0 aliphatic carbocycles. The van der Waals surface area contributed by atoms with Crippen LogP contribution in [0.2, 0.25) is 0 Å². The zero-order chi connectivity index (χ0) is 18.6. The van der Waals surface area contributed by atoms with E-state index in [1.165, 1.54) is 27.0 Å². The van der Waals surface area contributed by atoms with Crippen molar-refractivity contribution >= 4 is 6.21 Å². The van der Waals surface area contributed by atoms with Crippen LogP contribution in [0.4, 0.5) is 0 Å². The van der Waals surface area contributed by atoms with E-state index in [2.05, 4.69) is 67.5 Å². The largest absolute Gasteiger partial charge is 0.624 e. The molecule has 0 aliphatic rings. The van der Waals surface area contributed by atoms with E-state index in [0.717, 1.165) is 6.42 Å². The van der Waals surface area contributed by atoms with Crippen LogP contribution >= 0.6 is 0 Å². The highest BCUT2D eigenvalue weighted by molar-refractivity contribution is 5.52. The quantitative estimate of drug-likeness (QED) is 0.235. The van der Waals surface area contributed by atoms with Crippen molar-refractivity contribution in [1.82, 2.24) is 0 Å². The van der Waals surface area contributed by atoms with Crippen molar-refractivity contribution in [2.75, 3.05) is 0 Å². The first-order valence-electron chi connectivity index (χ1n) is 9.52. The predicted octanol–water partition coefficient (Wildman–Crippen LogP) is 6.75. The lowest BCUT2D eigenvalue weighted by Gasteiger charge is -2.26. The Balaban J connectivity index is 3.51. The molecule has 0 heterocycles. The number of hydroxylamine groups is 1. The minimum atomic E-state index is -0.139. The lowest BCUT2D eigenvalue weighted by atomic mass is 9.82. The molecule has 24 heavy (non-hydrogen) atoms. The van der Waals surface area contributed by atoms with Crippen LogP contribution in [0.3, 0.4) is 0 Å². The molecule has 136 valence electrons. The number of nitrogens with zero attached hydrogens (tertiary/aromatic N) is 1. The van der Waals surface area contributed by atoms with Crippen LogP contribution in [0.15, 0.2) is 12.1 Å². The molecule has 0 fully saturated rings. The highest BCUT2D eigenvalue weighted by Crippen LogP contribution is 2.36. The minimum absolute atomic E-state index is 0.139. The maximum atomic E-state index is 12.7. The molecule has 1 atom stereocenters. The van der Waals surface area contributed by atoms with Gasteiger partial charge in [-0.1, -0.05) is 67.5 Å². The maximum absolute atomic E-state index is 12.7. The summed E-state index contributed by atoms with van der Waals surface area (Å²) in [4.78, 5) is 0. The van der Waals surface area contributed by atoms with Crippen LogP contribution in [-0.2, 0) is 0 Å². The molecule has 1 aromatic rings. The van der Waals surface area contributed by atoms with E-state index in [1.54, 1.807) is 0 Å². The first-order chi connectivity index (χ1) is 11.1. The third-order valence-electron chi connectivity index (χ3n) is 4.73. The fourth-order valence-corrected chi connectivity index (χ4v) is 3.09. The van der Waals surface area contributed by atoms with Gasteiger partial charge < -0.3 is 5.21 Å². The van der Waals surface area contributed by atoms with Gasteiger partial charge in [0.1, 0.15) is 0 Å². The lowest BCUT2D eigenvalue weighted by Crippen LogP contribution is -2.17. The van der Waals surface area contributed by atoms with Crippen LogP contribution in [0.25, 0.3) is 0 Å². The van der Waals surface area contributed by atoms with E-state index < -0.39 is 0 Å². The molecule has 2 nitrogen and oxygen atoms in total. The zero-order valence-electron chi connectivity index (χ0n) is 17.2. The SMILES string of the molecule is CC(C)C/C=[N+](\[O-])C(C)c1c(C(C)C)cc(C(C)C)cc1C(C)C. The number of hydrogen-bond acceptors (Lipinski definition) is 1. The predicted molar refractivity (Wildman–Crippen MR) is 106 cm³/mol. The molecular formula is C22H37NO. The van der Waals surface area contributed by atoms with Crippen molar-refractivity contribution in [3.8, 4) is 0 Å². The molecule has 0 aromatic heterocycles. The summed E-state index contributed by atoms with van der Waals surface area (Å²) in [6, 6.07) is 4.51. The van der Waals surface area contributed by atoms with E-state index in [-0.39, 0.29) is 6.04 Å². The molecule has 0 saturated heterocycles. The van der Waals surface area contributed by atoms with Crippen LogP contribution in [-0.4, -0.2) is 11.0 Å². The second kappa shape index (κ2) is 8.69. The first kappa shape index (κ1) is 20.7. The first-order valence-corrected chi connectivity index (χ1v) is 9.52. The van der Waals surface area contributed by atoms with Crippen LogP contribution in [0.1, 0.15) is 115 Å². The highest BCUT2D eigenvalue weighted by atomic mass is 16.5. The van der Waals surface area contributed by atoms with E-state index in [1.807, 2.05) is 13.1 Å². The highest BCUT2D eigenvalue weighted by Gasteiger charge is 2.25. The second-order valence-electron chi connectivity index (χ2n) is 8.43. The summed E-state index contributed by atoms with van der Waals surface area (Å²) in [7, 11) is 0. The Kier molecular flexibility index (Phi) is 7.51. The fourth-order valence-electron chi connectivity index (χ4n) is 3.09. The molecular weight excluding hydrogens is 294 g/mol. The van der Waals surface area contributed by atoms with E-state index in [0.29, 0.717) is 23.7 Å². The van der Waals surface area contributed by atoms with Gasteiger partial charge in [0.15, 0.2) is 12.3 Å². The molecule has 1 rings (SSSR count). The van der Waals surface area contributed by atoms with Gasteiger partial charge in [-0.05, 0) is 40.4 Å². The summed E-state index contributed by atoms with van der Waals surface area (Å²) in [6.45, 7) is 19.7. The summed E-state index contributed by atoms with van der Waals surface area (Å²) >= 11 is 0. The van der Waals surface area contributed by atoms with Gasteiger partial charge >= 0.3 is 0 Å². The Bertz CT molecular complexity index is 538. The molecule has 2 heteroatoms. The Morgan fingerprint density at radius 3 is 1.62 bits per heavy atom. The number of hydrogen-bond donors (Lipinski definition) is 0. The van der Waals surface area contributed by atoms with Gasteiger partial charge in [0.05, 0.1) is 0 Å². The Morgan fingerprint density at radius 2 is 1.29 bits per heavy atom. The van der Waals surface area contributed by atoms with Crippen molar-refractivity contribution < 1.29 is 4.74 Å². The van der Waals surface area contributed by atoms with E-state index >= 15 is 0 Å². The molecule has 0 bridgehead atoms.